The van der Waals surface area contributed by atoms with Crippen molar-refractivity contribution >= 4 is 11.7 Å². The van der Waals surface area contributed by atoms with Crippen LogP contribution in [-0.2, 0) is 11.3 Å². The van der Waals surface area contributed by atoms with E-state index in [1.807, 2.05) is 41.1 Å². The van der Waals surface area contributed by atoms with Gasteiger partial charge in [0.05, 0.1) is 18.4 Å². The second kappa shape index (κ2) is 6.51. The van der Waals surface area contributed by atoms with Crippen LogP contribution in [0.2, 0.25) is 0 Å². The summed E-state index contributed by atoms with van der Waals surface area (Å²) in [5, 5.41) is 15.4. The first-order valence-corrected chi connectivity index (χ1v) is 8.49. The van der Waals surface area contributed by atoms with Crippen molar-refractivity contribution in [3.8, 4) is 11.3 Å². The molecule has 1 aliphatic rings. The quantitative estimate of drug-likeness (QED) is 0.751. The second-order valence-electron chi connectivity index (χ2n) is 6.45. The van der Waals surface area contributed by atoms with E-state index in [4.69, 9.17) is 0 Å². The van der Waals surface area contributed by atoms with Crippen LogP contribution in [0.4, 0.5) is 5.82 Å². The van der Waals surface area contributed by atoms with Crippen molar-refractivity contribution in [1.82, 2.24) is 24.8 Å². The number of nitrogens with zero attached hydrogens (tertiary/aromatic N) is 5. The average Bonchev–Trinajstić information content (AvgIpc) is 3.21. The number of nitrogens with one attached hydrogen (secondary N) is 1. The van der Waals surface area contributed by atoms with Crippen molar-refractivity contribution in [2.24, 2.45) is 5.92 Å². The Morgan fingerprint density at radius 1 is 1.28 bits per heavy atom. The minimum atomic E-state index is -0.144. The molecule has 1 amide bonds. The van der Waals surface area contributed by atoms with Gasteiger partial charge < -0.3 is 5.32 Å². The van der Waals surface area contributed by atoms with Crippen molar-refractivity contribution in [1.29, 1.82) is 0 Å². The van der Waals surface area contributed by atoms with Crippen molar-refractivity contribution in [3.05, 3.63) is 48.8 Å². The largest absolute Gasteiger partial charge is 0.309 e. The Kier molecular flexibility index (Phi) is 4.05. The summed E-state index contributed by atoms with van der Waals surface area (Å²) >= 11 is 0. The second-order valence-corrected chi connectivity index (χ2v) is 6.45. The van der Waals surface area contributed by atoms with Crippen LogP contribution in [0.15, 0.2) is 48.8 Å². The van der Waals surface area contributed by atoms with Gasteiger partial charge in [0.1, 0.15) is 18.1 Å². The molecule has 0 spiro atoms. The van der Waals surface area contributed by atoms with E-state index in [0.717, 1.165) is 17.1 Å². The van der Waals surface area contributed by atoms with E-state index < -0.39 is 0 Å². The zero-order chi connectivity index (χ0) is 17.2. The third-order valence-electron chi connectivity index (χ3n) is 4.54. The van der Waals surface area contributed by atoms with Crippen LogP contribution >= 0.6 is 0 Å². The standard InChI is InChI=1S/C18H20N6O/c1-13(14-7-8-14)24-17(9-10-19-24)20-18(25)12-23-11-16(21-22-23)15-5-3-2-4-6-15/h2-6,9-11,13-14H,7-8,12H2,1H3,(H,20,25). The van der Waals surface area contributed by atoms with Gasteiger partial charge in [0.15, 0.2) is 0 Å². The first kappa shape index (κ1) is 15.6. The summed E-state index contributed by atoms with van der Waals surface area (Å²) in [6, 6.07) is 11.9. The van der Waals surface area contributed by atoms with E-state index in [1.165, 1.54) is 12.8 Å². The van der Waals surface area contributed by atoms with E-state index in [2.05, 4.69) is 27.7 Å². The van der Waals surface area contributed by atoms with Crippen molar-refractivity contribution in [2.45, 2.75) is 32.4 Å². The number of hydrogen-bond donors (Lipinski definition) is 1. The molecule has 7 nitrogen and oxygen atoms in total. The molecular formula is C18H20N6O. The van der Waals surface area contributed by atoms with Gasteiger partial charge >= 0.3 is 0 Å². The highest BCUT2D eigenvalue weighted by molar-refractivity contribution is 5.89. The first-order chi connectivity index (χ1) is 12.2. The minimum Gasteiger partial charge on any atom is -0.309 e. The van der Waals surface area contributed by atoms with Crippen molar-refractivity contribution < 1.29 is 4.79 Å². The number of benzene rings is 1. The minimum absolute atomic E-state index is 0.114. The fourth-order valence-electron chi connectivity index (χ4n) is 2.96. The van der Waals surface area contributed by atoms with Crippen LogP contribution in [-0.4, -0.2) is 30.7 Å². The molecule has 0 aliphatic heterocycles. The lowest BCUT2D eigenvalue weighted by Crippen LogP contribution is -2.22. The lowest BCUT2D eigenvalue weighted by molar-refractivity contribution is -0.117. The van der Waals surface area contributed by atoms with Gasteiger partial charge in [-0.3, -0.25) is 4.79 Å². The van der Waals surface area contributed by atoms with Gasteiger partial charge in [0.25, 0.3) is 0 Å². The van der Waals surface area contributed by atoms with E-state index >= 15 is 0 Å². The molecule has 128 valence electrons. The molecule has 7 heteroatoms. The molecule has 1 aliphatic carbocycles. The number of hydrogen-bond acceptors (Lipinski definition) is 4. The summed E-state index contributed by atoms with van der Waals surface area (Å²) in [5.74, 6) is 1.25. The van der Waals surface area contributed by atoms with E-state index in [9.17, 15) is 4.79 Å². The molecule has 0 radical (unpaired) electrons. The Morgan fingerprint density at radius 2 is 2.08 bits per heavy atom. The summed E-state index contributed by atoms with van der Waals surface area (Å²) in [7, 11) is 0. The van der Waals surface area contributed by atoms with Gasteiger partial charge in [-0.1, -0.05) is 35.5 Å². The van der Waals surface area contributed by atoms with Gasteiger partial charge in [0.2, 0.25) is 5.91 Å². The van der Waals surface area contributed by atoms with Gasteiger partial charge in [-0.2, -0.15) is 5.10 Å². The Balaban J connectivity index is 1.41. The molecule has 1 atom stereocenters. The summed E-state index contributed by atoms with van der Waals surface area (Å²) in [6.07, 6.45) is 5.96. The summed E-state index contributed by atoms with van der Waals surface area (Å²) < 4.78 is 3.44. The van der Waals surface area contributed by atoms with E-state index in [1.54, 1.807) is 17.1 Å². The molecule has 3 aromatic rings. The van der Waals surface area contributed by atoms with Crippen LogP contribution in [0.1, 0.15) is 25.8 Å². The highest BCUT2D eigenvalue weighted by Crippen LogP contribution is 2.40. The maximum atomic E-state index is 12.3. The Bertz CT molecular complexity index is 865. The predicted molar refractivity (Wildman–Crippen MR) is 93.7 cm³/mol. The molecule has 2 aromatic heterocycles. The third kappa shape index (κ3) is 3.45. The molecule has 1 N–H and O–H groups in total. The van der Waals surface area contributed by atoms with Crippen LogP contribution in [0.5, 0.6) is 0 Å². The Hall–Kier alpha value is -2.96. The monoisotopic (exact) mass is 336 g/mol. The normalized spacial score (nSPS) is 15.1. The van der Waals surface area contributed by atoms with Crippen LogP contribution in [0.25, 0.3) is 11.3 Å². The number of aromatic nitrogens is 5. The predicted octanol–water partition coefficient (Wildman–Crippen LogP) is 2.75. The first-order valence-electron chi connectivity index (χ1n) is 8.49. The SMILES string of the molecule is CC(C1CC1)n1nccc1NC(=O)Cn1cc(-c2ccccc2)nn1. The van der Waals surface area contributed by atoms with Crippen molar-refractivity contribution in [2.75, 3.05) is 5.32 Å². The number of rotatable bonds is 6. The molecule has 0 saturated heterocycles. The van der Waals surface area contributed by atoms with E-state index in [-0.39, 0.29) is 12.5 Å². The number of amides is 1. The summed E-state index contributed by atoms with van der Waals surface area (Å²) in [6.45, 7) is 2.26. The molecule has 4 rings (SSSR count). The molecule has 1 fully saturated rings. The fraction of sp³-hybridized carbons (Fsp3) is 0.333. The van der Waals surface area contributed by atoms with Crippen molar-refractivity contribution in [3.63, 3.8) is 0 Å². The zero-order valence-corrected chi connectivity index (χ0v) is 14.0. The molecule has 1 unspecified atom stereocenters. The van der Waals surface area contributed by atoms with E-state index in [0.29, 0.717) is 12.0 Å². The van der Waals surface area contributed by atoms with Crippen LogP contribution < -0.4 is 5.32 Å². The number of carbonyl (C=O) groups is 1. The summed E-state index contributed by atoms with van der Waals surface area (Å²) in [5.41, 5.74) is 1.73. The smallest absolute Gasteiger partial charge is 0.247 e. The number of anilines is 1. The topological polar surface area (TPSA) is 77.6 Å². The van der Waals surface area contributed by atoms with Crippen LogP contribution in [0.3, 0.4) is 0 Å². The maximum Gasteiger partial charge on any atom is 0.247 e. The molecule has 2 heterocycles. The van der Waals surface area contributed by atoms with Crippen LogP contribution in [0, 0.1) is 5.92 Å². The average molecular weight is 336 g/mol. The van der Waals surface area contributed by atoms with Gasteiger partial charge in [-0.15, -0.1) is 5.10 Å². The van der Waals surface area contributed by atoms with Gasteiger partial charge in [-0.05, 0) is 25.7 Å². The number of carbonyl (C=O) groups excluding carboxylic acids is 1. The molecule has 0 bridgehead atoms. The lowest BCUT2D eigenvalue weighted by Gasteiger charge is -2.15. The highest BCUT2D eigenvalue weighted by atomic mass is 16.2. The molecule has 1 aromatic carbocycles. The Labute approximate surface area is 145 Å². The lowest BCUT2D eigenvalue weighted by atomic mass is 10.2. The highest BCUT2D eigenvalue weighted by Gasteiger charge is 2.30. The maximum absolute atomic E-state index is 12.3. The Morgan fingerprint density at radius 3 is 2.84 bits per heavy atom. The fourth-order valence-corrected chi connectivity index (χ4v) is 2.96. The molecular weight excluding hydrogens is 316 g/mol. The molecule has 25 heavy (non-hydrogen) atoms. The zero-order valence-electron chi connectivity index (χ0n) is 14.0. The third-order valence-corrected chi connectivity index (χ3v) is 4.54. The van der Waals surface area contributed by atoms with Gasteiger partial charge in [-0.25, -0.2) is 9.36 Å². The van der Waals surface area contributed by atoms with Gasteiger partial charge in [0, 0.05) is 11.6 Å². The molecule has 1 saturated carbocycles. The summed E-state index contributed by atoms with van der Waals surface area (Å²) in [4.78, 5) is 12.3.